The van der Waals surface area contributed by atoms with Gasteiger partial charge < -0.3 is 16.0 Å². The second kappa shape index (κ2) is 7.16. The van der Waals surface area contributed by atoms with E-state index in [0.717, 1.165) is 5.69 Å². The highest BCUT2D eigenvalue weighted by atomic mass is 16.2. The third-order valence-electron chi connectivity index (χ3n) is 3.08. The summed E-state index contributed by atoms with van der Waals surface area (Å²) >= 11 is 0. The molecular formula is C15H17N5O2. The molecule has 2 rings (SSSR count). The van der Waals surface area contributed by atoms with Crippen LogP contribution in [0, 0.1) is 0 Å². The normalized spacial score (nSPS) is 10.0. The summed E-state index contributed by atoms with van der Waals surface area (Å²) in [4.78, 5) is 33.1. The van der Waals surface area contributed by atoms with Crippen LogP contribution >= 0.6 is 0 Å². The Morgan fingerprint density at radius 3 is 2.55 bits per heavy atom. The summed E-state index contributed by atoms with van der Waals surface area (Å²) in [5, 5.41) is 2.61. The number of nitrogens with two attached hydrogens (primary N) is 1. The number of anilines is 2. The predicted molar refractivity (Wildman–Crippen MR) is 83.2 cm³/mol. The van der Waals surface area contributed by atoms with Crippen LogP contribution in [0.25, 0.3) is 0 Å². The highest BCUT2D eigenvalue weighted by molar-refractivity contribution is 5.97. The molecule has 0 bridgehead atoms. The second-order valence-corrected chi connectivity index (χ2v) is 4.58. The van der Waals surface area contributed by atoms with Crippen molar-refractivity contribution in [1.82, 2.24) is 15.3 Å². The lowest BCUT2D eigenvalue weighted by atomic mass is 10.2. The Kier molecular flexibility index (Phi) is 5.02. The molecule has 3 N–H and O–H groups in total. The second-order valence-electron chi connectivity index (χ2n) is 4.58. The van der Waals surface area contributed by atoms with E-state index in [-0.39, 0.29) is 30.4 Å². The standard InChI is InChI=1S/C15H17N5O2/c1-20(11-5-3-2-4-6-11)12(21)7-8-19-15(22)13-14(16)18-10-9-17-13/h2-6,9-10H,7-8H2,1H3,(H2,16,18)(H,19,22). The Morgan fingerprint density at radius 2 is 1.86 bits per heavy atom. The first-order valence-electron chi connectivity index (χ1n) is 6.76. The molecule has 2 amide bonds. The summed E-state index contributed by atoms with van der Waals surface area (Å²) in [6, 6.07) is 9.29. The third kappa shape index (κ3) is 3.78. The first-order valence-corrected chi connectivity index (χ1v) is 6.76. The van der Waals surface area contributed by atoms with E-state index in [4.69, 9.17) is 5.73 Å². The number of hydrogen-bond donors (Lipinski definition) is 2. The zero-order valence-corrected chi connectivity index (χ0v) is 12.2. The number of aromatic nitrogens is 2. The minimum absolute atomic E-state index is 0.0614. The topological polar surface area (TPSA) is 101 Å². The third-order valence-corrected chi connectivity index (χ3v) is 3.08. The van der Waals surface area contributed by atoms with Gasteiger partial charge in [0, 0.05) is 38.1 Å². The molecule has 22 heavy (non-hydrogen) atoms. The molecule has 1 aromatic heterocycles. The van der Waals surface area contributed by atoms with Crippen molar-refractivity contribution in [1.29, 1.82) is 0 Å². The number of para-hydroxylation sites is 1. The lowest BCUT2D eigenvalue weighted by Crippen LogP contribution is -2.32. The summed E-state index contributed by atoms with van der Waals surface area (Å²) in [6.07, 6.45) is 2.97. The molecule has 0 aliphatic rings. The minimum Gasteiger partial charge on any atom is -0.382 e. The Hall–Kier alpha value is -2.96. The molecule has 0 saturated carbocycles. The quantitative estimate of drug-likeness (QED) is 0.852. The van der Waals surface area contributed by atoms with Crippen LogP contribution in [0.2, 0.25) is 0 Å². The molecule has 0 saturated heterocycles. The van der Waals surface area contributed by atoms with Gasteiger partial charge in [0.2, 0.25) is 5.91 Å². The first-order chi connectivity index (χ1) is 10.6. The maximum atomic E-state index is 12.1. The molecule has 0 spiro atoms. The summed E-state index contributed by atoms with van der Waals surface area (Å²) in [5.41, 5.74) is 6.43. The van der Waals surface area contributed by atoms with Crippen LogP contribution in [0.5, 0.6) is 0 Å². The maximum absolute atomic E-state index is 12.1. The van der Waals surface area contributed by atoms with Crippen molar-refractivity contribution >= 4 is 23.3 Å². The average Bonchev–Trinajstić information content (AvgIpc) is 2.55. The fourth-order valence-electron chi connectivity index (χ4n) is 1.85. The number of carbonyl (C=O) groups excluding carboxylic acids is 2. The number of nitrogens with one attached hydrogen (secondary N) is 1. The number of amides is 2. The molecule has 114 valence electrons. The zero-order valence-electron chi connectivity index (χ0n) is 12.2. The molecule has 1 aromatic carbocycles. The van der Waals surface area contributed by atoms with Gasteiger partial charge in [-0.3, -0.25) is 9.59 Å². The number of nitrogens with zero attached hydrogens (tertiary/aromatic N) is 3. The first kappa shape index (κ1) is 15.4. The summed E-state index contributed by atoms with van der Waals surface area (Å²) in [5.74, 6) is -0.480. The summed E-state index contributed by atoms with van der Waals surface area (Å²) < 4.78 is 0. The molecule has 0 unspecified atom stereocenters. The molecule has 0 aliphatic carbocycles. The molecule has 0 aliphatic heterocycles. The lowest BCUT2D eigenvalue weighted by Gasteiger charge is -2.17. The fraction of sp³-hybridized carbons (Fsp3) is 0.200. The van der Waals surface area contributed by atoms with Gasteiger partial charge in [0.25, 0.3) is 5.91 Å². The van der Waals surface area contributed by atoms with Crippen LogP contribution in [-0.4, -0.2) is 35.4 Å². The van der Waals surface area contributed by atoms with Gasteiger partial charge >= 0.3 is 0 Å². The molecule has 0 radical (unpaired) electrons. The van der Waals surface area contributed by atoms with Gasteiger partial charge in [0.1, 0.15) is 0 Å². The van der Waals surface area contributed by atoms with E-state index in [1.165, 1.54) is 12.4 Å². The van der Waals surface area contributed by atoms with Crippen LogP contribution < -0.4 is 16.0 Å². The van der Waals surface area contributed by atoms with Crippen molar-refractivity contribution in [2.24, 2.45) is 0 Å². The predicted octanol–water partition coefficient (Wildman–Crippen LogP) is 0.842. The van der Waals surface area contributed by atoms with Crippen molar-refractivity contribution in [2.45, 2.75) is 6.42 Å². The van der Waals surface area contributed by atoms with Crippen LogP contribution in [0.4, 0.5) is 11.5 Å². The Labute approximate surface area is 128 Å². The van der Waals surface area contributed by atoms with E-state index in [2.05, 4.69) is 15.3 Å². The van der Waals surface area contributed by atoms with Gasteiger partial charge in [-0.2, -0.15) is 0 Å². The molecule has 0 atom stereocenters. The number of rotatable bonds is 5. The van der Waals surface area contributed by atoms with Gasteiger partial charge in [-0.05, 0) is 12.1 Å². The number of nitrogen functional groups attached to an aromatic ring is 1. The number of carbonyl (C=O) groups is 2. The van der Waals surface area contributed by atoms with E-state index in [0.29, 0.717) is 0 Å². The highest BCUT2D eigenvalue weighted by Crippen LogP contribution is 2.11. The van der Waals surface area contributed by atoms with Gasteiger partial charge in [-0.1, -0.05) is 18.2 Å². The minimum atomic E-state index is -0.444. The van der Waals surface area contributed by atoms with E-state index < -0.39 is 5.91 Å². The van der Waals surface area contributed by atoms with E-state index in [9.17, 15) is 9.59 Å². The Balaban J connectivity index is 1.85. The van der Waals surface area contributed by atoms with E-state index in [1.807, 2.05) is 30.3 Å². The molecule has 7 nitrogen and oxygen atoms in total. The Bertz CT molecular complexity index is 660. The van der Waals surface area contributed by atoms with Crippen LogP contribution in [0.3, 0.4) is 0 Å². The van der Waals surface area contributed by atoms with Crippen molar-refractivity contribution < 1.29 is 9.59 Å². The van der Waals surface area contributed by atoms with Gasteiger partial charge in [-0.25, -0.2) is 9.97 Å². The lowest BCUT2D eigenvalue weighted by molar-refractivity contribution is -0.118. The maximum Gasteiger partial charge on any atom is 0.273 e. The SMILES string of the molecule is CN(C(=O)CCNC(=O)c1nccnc1N)c1ccccc1. The van der Waals surface area contributed by atoms with Crippen molar-refractivity contribution in [3.8, 4) is 0 Å². The monoisotopic (exact) mass is 299 g/mol. The fourth-order valence-corrected chi connectivity index (χ4v) is 1.85. The smallest absolute Gasteiger partial charge is 0.273 e. The van der Waals surface area contributed by atoms with Crippen molar-refractivity contribution in [3.63, 3.8) is 0 Å². The largest absolute Gasteiger partial charge is 0.382 e. The zero-order chi connectivity index (χ0) is 15.9. The van der Waals surface area contributed by atoms with Gasteiger partial charge in [-0.15, -0.1) is 0 Å². The van der Waals surface area contributed by atoms with Crippen molar-refractivity contribution in [2.75, 3.05) is 24.2 Å². The molecule has 2 aromatic rings. The number of benzene rings is 1. The Morgan fingerprint density at radius 1 is 1.18 bits per heavy atom. The van der Waals surface area contributed by atoms with E-state index >= 15 is 0 Å². The van der Waals surface area contributed by atoms with Crippen LogP contribution in [0.15, 0.2) is 42.7 Å². The highest BCUT2D eigenvalue weighted by Gasteiger charge is 2.14. The molecular weight excluding hydrogens is 282 g/mol. The van der Waals surface area contributed by atoms with Crippen LogP contribution in [0.1, 0.15) is 16.9 Å². The number of hydrogen-bond acceptors (Lipinski definition) is 5. The summed E-state index contributed by atoms with van der Waals surface area (Å²) in [6.45, 7) is 0.199. The average molecular weight is 299 g/mol. The van der Waals surface area contributed by atoms with Gasteiger partial charge in [0.05, 0.1) is 0 Å². The summed E-state index contributed by atoms with van der Waals surface area (Å²) in [7, 11) is 1.69. The molecule has 7 heteroatoms. The van der Waals surface area contributed by atoms with Crippen molar-refractivity contribution in [3.05, 3.63) is 48.4 Å². The van der Waals surface area contributed by atoms with E-state index in [1.54, 1.807) is 11.9 Å². The molecule has 1 heterocycles. The molecule has 0 fully saturated rings. The van der Waals surface area contributed by atoms with Crippen LogP contribution in [-0.2, 0) is 4.79 Å². The van der Waals surface area contributed by atoms with Gasteiger partial charge in [0.15, 0.2) is 11.5 Å².